The molecule has 3 N–H and O–H groups in total. The number of aliphatic hydroxyl groups is 1. The van der Waals surface area contributed by atoms with Crippen LogP contribution >= 0.6 is 0 Å². The van der Waals surface area contributed by atoms with E-state index >= 15 is 0 Å². The lowest BCUT2D eigenvalue weighted by atomic mass is 10.0. The van der Waals surface area contributed by atoms with Gasteiger partial charge in [-0.2, -0.15) is 0 Å². The van der Waals surface area contributed by atoms with Crippen molar-refractivity contribution in [1.82, 2.24) is 19.4 Å². The van der Waals surface area contributed by atoms with E-state index in [-0.39, 0.29) is 12.0 Å². The van der Waals surface area contributed by atoms with E-state index in [1.54, 1.807) is 13.3 Å². The van der Waals surface area contributed by atoms with Crippen molar-refractivity contribution >= 4 is 45.6 Å². The van der Waals surface area contributed by atoms with Crippen LogP contribution in [0.25, 0.3) is 22.2 Å². The third-order valence-corrected chi connectivity index (χ3v) is 8.64. The van der Waals surface area contributed by atoms with Gasteiger partial charge in [0.2, 0.25) is 11.9 Å². The first-order valence-corrected chi connectivity index (χ1v) is 15.5. The Morgan fingerprint density at radius 3 is 2.76 bits per heavy atom. The summed E-state index contributed by atoms with van der Waals surface area (Å²) in [6.45, 7) is 7.52. The maximum absolute atomic E-state index is 12.4. The zero-order valence-corrected chi connectivity index (χ0v) is 26.5. The van der Waals surface area contributed by atoms with Crippen LogP contribution in [0.5, 0.6) is 5.75 Å². The predicted molar refractivity (Wildman–Crippen MR) is 181 cm³/mol. The number of aromatic nitrogens is 3. The van der Waals surface area contributed by atoms with Crippen LogP contribution in [0.4, 0.5) is 28.8 Å². The molecule has 1 fully saturated rings. The molecular formula is C34H42N8O3. The van der Waals surface area contributed by atoms with Crippen molar-refractivity contribution in [1.29, 1.82) is 0 Å². The van der Waals surface area contributed by atoms with Gasteiger partial charge in [-0.15, -0.1) is 0 Å². The summed E-state index contributed by atoms with van der Waals surface area (Å²) in [5, 5.41) is 17.9. The number of carbonyl (C=O) groups is 1. The number of β-amino-alcohol motifs (C(OH)–C–C–N with tert-alkyl or cyclic N) is 1. The SMILES string of the molecule is C=CC(=O)Nc1cc(Nc2nccc(-c3c(N4CC[C@@H](O)C4)n4c5c(cccc35)CCC4)n2)c(OC)cc1N(C)CCN(C)C. The topological polar surface area (TPSA) is 111 Å². The van der Waals surface area contributed by atoms with Gasteiger partial charge in [0.05, 0.1) is 47.1 Å². The predicted octanol–water partition coefficient (Wildman–Crippen LogP) is 4.49. The Balaban J connectivity index is 1.41. The molecule has 2 aromatic carbocycles. The molecule has 1 amide bonds. The Bertz CT molecular complexity index is 1730. The lowest BCUT2D eigenvalue weighted by Gasteiger charge is -2.26. The second-order valence-corrected chi connectivity index (χ2v) is 12.0. The minimum absolute atomic E-state index is 0.306. The number of nitrogens with zero attached hydrogens (tertiary/aromatic N) is 6. The fourth-order valence-corrected chi connectivity index (χ4v) is 6.42. The number of hydrogen-bond acceptors (Lipinski definition) is 9. The molecule has 236 valence electrons. The van der Waals surface area contributed by atoms with Crippen LogP contribution in [-0.4, -0.2) is 91.0 Å². The van der Waals surface area contributed by atoms with Crippen LogP contribution in [0.3, 0.4) is 0 Å². The Kier molecular flexibility index (Phi) is 8.64. The standard InChI is InChI=1S/C34H42N8O3/c1-6-30(44)36-26-19-27(29(45-5)20-28(26)40(4)18-17-39(2)3)38-34-35-14-12-25(37-34)31-24-11-7-9-22-10-8-15-42(32(22)24)33(31)41-16-13-23(43)21-41/h6-7,9,11-12,14,19-20,23,43H,1,8,10,13,15-18,21H2,2-5H3,(H,36,44)(H,35,37,38)/t23-/m1/s1. The normalized spacial score (nSPS) is 15.9. The zero-order chi connectivity index (χ0) is 31.7. The number of para-hydroxylation sites is 1. The number of methoxy groups -OCH3 is 1. The molecule has 0 bridgehead atoms. The van der Waals surface area contributed by atoms with Crippen molar-refractivity contribution in [3.8, 4) is 17.0 Å². The number of aryl methyl sites for hydroxylation is 2. The maximum atomic E-state index is 12.4. The quantitative estimate of drug-likeness (QED) is 0.212. The molecule has 6 rings (SSSR count). The number of anilines is 5. The largest absolute Gasteiger partial charge is 0.494 e. The van der Waals surface area contributed by atoms with Crippen LogP contribution in [0, 0.1) is 0 Å². The third-order valence-electron chi connectivity index (χ3n) is 8.64. The maximum Gasteiger partial charge on any atom is 0.247 e. The lowest BCUT2D eigenvalue weighted by molar-refractivity contribution is -0.111. The molecule has 4 aromatic rings. The number of amides is 1. The molecule has 0 radical (unpaired) electrons. The molecule has 4 heterocycles. The van der Waals surface area contributed by atoms with E-state index in [9.17, 15) is 9.90 Å². The monoisotopic (exact) mass is 610 g/mol. The van der Waals surface area contributed by atoms with Crippen molar-refractivity contribution in [3.63, 3.8) is 0 Å². The average Bonchev–Trinajstić information content (AvgIpc) is 3.62. The van der Waals surface area contributed by atoms with Crippen molar-refractivity contribution in [2.45, 2.75) is 31.9 Å². The fourth-order valence-electron chi connectivity index (χ4n) is 6.42. The van der Waals surface area contributed by atoms with Crippen molar-refractivity contribution < 1.29 is 14.6 Å². The summed E-state index contributed by atoms with van der Waals surface area (Å²) >= 11 is 0. The molecule has 2 aliphatic rings. The van der Waals surface area contributed by atoms with Gasteiger partial charge in [-0.1, -0.05) is 24.8 Å². The van der Waals surface area contributed by atoms with Gasteiger partial charge in [0.15, 0.2) is 0 Å². The summed E-state index contributed by atoms with van der Waals surface area (Å²) in [7, 11) is 7.65. The van der Waals surface area contributed by atoms with Gasteiger partial charge in [0, 0.05) is 57.4 Å². The van der Waals surface area contributed by atoms with Crippen LogP contribution in [0.2, 0.25) is 0 Å². The molecule has 1 atom stereocenters. The molecule has 1 saturated heterocycles. The van der Waals surface area contributed by atoms with Crippen LogP contribution < -0.4 is 25.2 Å². The second kappa shape index (κ2) is 12.8. The highest BCUT2D eigenvalue weighted by molar-refractivity contribution is 6.04. The molecule has 2 aromatic heterocycles. The molecule has 11 nitrogen and oxygen atoms in total. The number of aliphatic hydroxyl groups excluding tert-OH is 1. The number of likely N-dealkylation sites (N-methyl/N-ethyl adjacent to an activating group) is 2. The number of ether oxygens (including phenoxy) is 1. The minimum atomic E-state index is -0.345. The molecule has 0 aliphatic carbocycles. The zero-order valence-electron chi connectivity index (χ0n) is 26.5. The highest BCUT2D eigenvalue weighted by Gasteiger charge is 2.31. The van der Waals surface area contributed by atoms with Gasteiger partial charge in [0.25, 0.3) is 0 Å². The Labute approximate surface area is 264 Å². The Morgan fingerprint density at radius 2 is 2.02 bits per heavy atom. The summed E-state index contributed by atoms with van der Waals surface area (Å²) in [5.74, 6) is 1.79. The number of nitrogens with one attached hydrogen (secondary N) is 2. The van der Waals surface area contributed by atoms with Gasteiger partial charge < -0.3 is 39.7 Å². The molecule has 11 heteroatoms. The number of benzene rings is 2. The lowest BCUT2D eigenvalue weighted by Crippen LogP contribution is -2.29. The van der Waals surface area contributed by atoms with E-state index in [1.807, 2.05) is 39.3 Å². The van der Waals surface area contributed by atoms with Crippen LogP contribution in [0.1, 0.15) is 18.4 Å². The van der Waals surface area contributed by atoms with Crippen LogP contribution in [0.15, 0.2) is 55.3 Å². The van der Waals surface area contributed by atoms with Gasteiger partial charge in [-0.25, -0.2) is 9.97 Å². The van der Waals surface area contributed by atoms with Gasteiger partial charge in [0.1, 0.15) is 11.6 Å². The smallest absolute Gasteiger partial charge is 0.247 e. The summed E-state index contributed by atoms with van der Waals surface area (Å²) in [4.78, 5) is 28.5. The van der Waals surface area contributed by atoms with Crippen molar-refractivity contribution in [3.05, 3.63) is 60.8 Å². The number of hydrogen-bond donors (Lipinski definition) is 3. The third kappa shape index (κ3) is 6.05. The van der Waals surface area contributed by atoms with E-state index in [0.29, 0.717) is 29.6 Å². The van der Waals surface area contributed by atoms with E-state index < -0.39 is 0 Å². The van der Waals surface area contributed by atoms with E-state index in [1.165, 1.54) is 17.2 Å². The second-order valence-electron chi connectivity index (χ2n) is 12.0. The van der Waals surface area contributed by atoms with Crippen LogP contribution in [-0.2, 0) is 17.8 Å². The Morgan fingerprint density at radius 1 is 1.18 bits per heavy atom. The van der Waals surface area contributed by atoms with Crippen molar-refractivity contribution in [2.75, 3.05) is 74.9 Å². The molecule has 45 heavy (non-hydrogen) atoms. The van der Waals surface area contributed by atoms with Gasteiger partial charge >= 0.3 is 0 Å². The van der Waals surface area contributed by atoms with E-state index in [2.05, 4.69) is 59.7 Å². The number of rotatable bonds is 11. The van der Waals surface area contributed by atoms with E-state index in [0.717, 1.165) is 73.6 Å². The molecule has 0 saturated carbocycles. The van der Waals surface area contributed by atoms with Crippen molar-refractivity contribution in [2.24, 2.45) is 0 Å². The van der Waals surface area contributed by atoms with E-state index in [4.69, 9.17) is 9.72 Å². The first kappa shape index (κ1) is 30.4. The highest BCUT2D eigenvalue weighted by atomic mass is 16.5. The molecule has 0 spiro atoms. The average molecular weight is 611 g/mol. The Hall–Kier alpha value is -4.61. The molecular weight excluding hydrogens is 568 g/mol. The summed E-state index contributed by atoms with van der Waals surface area (Å²) in [6, 6.07) is 12.2. The minimum Gasteiger partial charge on any atom is -0.494 e. The van der Waals surface area contributed by atoms with Gasteiger partial charge in [-0.05, 0) is 57.1 Å². The first-order chi connectivity index (χ1) is 21.8. The van der Waals surface area contributed by atoms with Gasteiger partial charge in [-0.3, -0.25) is 4.79 Å². The summed E-state index contributed by atoms with van der Waals surface area (Å²) in [5.41, 5.74) is 6.49. The molecule has 0 unspecified atom stereocenters. The number of carbonyl (C=O) groups excluding carboxylic acids is 1. The highest BCUT2D eigenvalue weighted by Crippen LogP contribution is 2.44. The summed E-state index contributed by atoms with van der Waals surface area (Å²) in [6.07, 6.45) is 5.53. The first-order valence-electron chi connectivity index (χ1n) is 15.5. The molecule has 2 aliphatic heterocycles. The fraction of sp³-hybridized carbons (Fsp3) is 0.382. The summed E-state index contributed by atoms with van der Waals surface area (Å²) < 4.78 is 8.22.